The van der Waals surface area contributed by atoms with E-state index in [-0.39, 0.29) is 5.91 Å². The number of hydrazone groups is 1. The molecule has 0 spiro atoms. The Morgan fingerprint density at radius 1 is 1.10 bits per heavy atom. The zero-order valence-electron chi connectivity index (χ0n) is 11.4. The molecule has 0 unspecified atom stereocenters. The summed E-state index contributed by atoms with van der Waals surface area (Å²) in [7, 11) is 0. The van der Waals surface area contributed by atoms with Crippen LogP contribution in [-0.2, 0) is 0 Å². The van der Waals surface area contributed by atoms with Crippen LogP contribution in [0.1, 0.15) is 28.4 Å². The molecule has 0 aliphatic carbocycles. The Bertz CT molecular complexity index is 648. The Kier molecular flexibility index (Phi) is 4.69. The van der Waals surface area contributed by atoms with Crippen LogP contribution in [0, 0.1) is 6.92 Å². The fourth-order valence-electron chi connectivity index (χ4n) is 1.74. The molecule has 0 aliphatic rings. The zero-order valence-corrected chi connectivity index (χ0v) is 12.9. The molecule has 2 rings (SSSR count). The Labute approximate surface area is 126 Å². The maximum absolute atomic E-state index is 12.0. The van der Waals surface area contributed by atoms with E-state index in [1.165, 1.54) is 0 Å². The topological polar surface area (TPSA) is 41.5 Å². The van der Waals surface area contributed by atoms with Crippen molar-refractivity contribution in [2.45, 2.75) is 13.8 Å². The average molecular weight is 331 g/mol. The van der Waals surface area contributed by atoms with Crippen molar-refractivity contribution in [3.8, 4) is 0 Å². The van der Waals surface area contributed by atoms with Gasteiger partial charge in [-0.2, -0.15) is 5.10 Å². The lowest BCUT2D eigenvalue weighted by molar-refractivity contribution is 0.0954. The van der Waals surface area contributed by atoms with E-state index in [0.717, 1.165) is 21.3 Å². The molecule has 0 atom stereocenters. The van der Waals surface area contributed by atoms with Gasteiger partial charge in [0.2, 0.25) is 0 Å². The van der Waals surface area contributed by atoms with Crippen LogP contribution in [0.25, 0.3) is 0 Å². The molecular weight excluding hydrogens is 316 g/mol. The molecule has 20 heavy (non-hydrogen) atoms. The predicted molar refractivity (Wildman–Crippen MR) is 85.0 cm³/mol. The summed E-state index contributed by atoms with van der Waals surface area (Å²) in [4.78, 5) is 12.0. The molecule has 1 amide bonds. The van der Waals surface area contributed by atoms with E-state index in [1.54, 1.807) is 6.07 Å². The van der Waals surface area contributed by atoms with E-state index in [2.05, 4.69) is 26.5 Å². The van der Waals surface area contributed by atoms with Crippen molar-refractivity contribution >= 4 is 27.5 Å². The van der Waals surface area contributed by atoms with Crippen molar-refractivity contribution in [2.24, 2.45) is 5.10 Å². The number of benzene rings is 2. The minimum atomic E-state index is -0.204. The van der Waals surface area contributed by atoms with Crippen molar-refractivity contribution in [2.75, 3.05) is 0 Å². The number of amides is 1. The van der Waals surface area contributed by atoms with E-state index in [4.69, 9.17) is 0 Å². The molecular formula is C16H15BrN2O. The fourth-order valence-corrected chi connectivity index (χ4v) is 2.01. The number of carbonyl (C=O) groups is 1. The first-order valence-corrected chi connectivity index (χ1v) is 7.03. The van der Waals surface area contributed by atoms with Crippen LogP contribution in [0.2, 0.25) is 0 Å². The van der Waals surface area contributed by atoms with Crippen LogP contribution in [-0.4, -0.2) is 11.6 Å². The van der Waals surface area contributed by atoms with E-state index >= 15 is 0 Å². The molecule has 0 aliphatic heterocycles. The molecule has 1 N–H and O–H groups in total. The predicted octanol–water partition coefficient (Wildman–Crippen LogP) is 3.91. The summed E-state index contributed by atoms with van der Waals surface area (Å²) in [5.74, 6) is -0.204. The highest BCUT2D eigenvalue weighted by molar-refractivity contribution is 9.10. The number of nitrogens with zero attached hydrogens (tertiary/aromatic N) is 1. The Morgan fingerprint density at radius 3 is 2.45 bits per heavy atom. The third kappa shape index (κ3) is 3.78. The third-order valence-corrected chi connectivity index (χ3v) is 3.40. The van der Waals surface area contributed by atoms with Gasteiger partial charge in [-0.25, -0.2) is 5.43 Å². The van der Waals surface area contributed by atoms with E-state index < -0.39 is 0 Å². The van der Waals surface area contributed by atoms with Gasteiger partial charge in [-0.05, 0) is 43.7 Å². The molecule has 0 heterocycles. The molecule has 0 saturated carbocycles. The van der Waals surface area contributed by atoms with Gasteiger partial charge in [0, 0.05) is 10.0 Å². The summed E-state index contributed by atoms with van der Waals surface area (Å²) < 4.78 is 1.01. The summed E-state index contributed by atoms with van der Waals surface area (Å²) in [5.41, 5.74) is 5.97. The lowest BCUT2D eigenvalue weighted by atomic mass is 10.1. The minimum Gasteiger partial charge on any atom is -0.267 e. The summed E-state index contributed by atoms with van der Waals surface area (Å²) >= 11 is 3.38. The summed E-state index contributed by atoms with van der Waals surface area (Å²) in [6, 6.07) is 15.2. The van der Waals surface area contributed by atoms with Crippen LogP contribution in [0.3, 0.4) is 0 Å². The molecule has 0 fully saturated rings. The quantitative estimate of drug-likeness (QED) is 0.672. The lowest BCUT2D eigenvalue weighted by Crippen LogP contribution is -2.19. The van der Waals surface area contributed by atoms with Gasteiger partial charge in [0.05, 0.1) is 5.71 Å². The van der Waals surface area contributed by atoms with Gasteiger partial charge in [-0.15, -0.1) is 0 Å². The fraction of sp³-hybridized carbons (Fsp3) is 0.125. The average Bonchev–Trinajstić information content (AvgIpc) is 2.45. The standard InChI is InChI=1S/C16H15BrN2O/c1-11-4-3-5-14(10-11)16(20)19-18-12(2)13-6-8-15(17)9-7-13/h3-10H,1-2H3,(H,19,20)/b18-12+. The van der Waals surface area contributed by atoms with Crippen molar-refractivity contribution in [1.82, 2.24) is 5.43 Å². The first-order chi connectivity index (χ1) is 9.56. The van der Waals surface area contributed by atoms with Crippen LogP contribution in [0.4, 0.5) is 0 Å². The molecule has 0 aromatic heterocycles. The molecule has 2 aromatic carbocycles. The van der Waals surface area contributed by atoms with E-state index in [9.17, 15) is 4.79 Å². The first kappa shape index (κ1) is 14.5. The second-order valence-electron chi connectivity index (χ2n) is 4.51. The van der Waals surface area contributed by atoms with Gasteiger partial charge >= 0.3 is 0 Å². The molecule has 102 valence electrons. The highest BCUT2D eigenvalue weighted by Crippen LogP contribution is 2.11. The molecule has 0 saturated heterocycles. The number of aryl methyl sites for hydroxylation is 1. The normalized spacial score (nSPS) is 11.2. The van der Waals surface area contributed by atoms with Crippen molar-refractivity contribution in [3.05, 3.63) is 69.7 Å². The van der Waals surface area contributed by atoms with Gasteiger partial charge in [-0.3, -0.25) is 4.79 Å². The minimum absolute atomic E-state index is 0.204. The largest absolute Gasteiger partial charge is 0.271 e. The van der Waals surface area contributed by atoms with Crippen LogP contribution < -0.4 is 5.43 Å². The van der Waals surface area contributed by atoms with Crippen LogP contribution in [0.15, 0.2) is 58.1 Å². The summed E-state index contributed by atoms with van der Waals surface area (Å²) in [6.07, 6.45) is 0. The molecule has 0 radical (unpaired) electrons. The van der Waals surface area contributed by atoms with Crippen molar-refractivity contribution in [3.63, 3.8) is 0 Å². The number of carbonyl (C=O) groups excluding carboxylic acids is 1. The van der Waals surface area contributed by atoms with Crippen molar-refractivity contribution in [1.29, 1.82) is 0 Å². The second kappa shape index (κ2) is 6.48. The highest BCUT2D eigenvalue weighted by Gasteiger charge is 2.04. The molecule has 3 nitrogen and oxygen atoms in total. The Hall–Kier alpha value is -1.94. The number of halogens is 1. The maximum Gasteiger partial charge on any atom is 0.271 e. The van der Waals surface area contributed by atoms with Gasteiger partial charge < -0.3 is 0 Å². The SMILES string of the molecule is C/C(=N\NC(=O)c1cccc(C)c1)c1ccc(Br)cc1. The molecule has 0 bridgehead atoms. The monoisotopic (exact) mass is 330 g/mol. The third-order valence-electron chi connectivity index (χ3n) is 2.87. The summed E-state index contributed by atoms with van der Waals surface area (Å²) in [5, 5.41) is 4.13. The summed E-state index contributed by atoms with van der Waals surface area (Å²) in [6.45, 7) is 3.81. The maximum atomic E-state index is 12.0. The van der Waals surface area contributed by atoms with Gasteiger partial charge in [0.15, 0.2) is 0 Å². The first-order valence-electron chi connectivity index (χ1n) is 6.23. The van der Waals surface area contributed by atoms with Crippen LogP contribution >= 0.6 is 15.9 Å². The Morgan fingerprint density at radius 2 is 1.80 bits per heavy atom. The number of rotatable bonds is 3. The van der Waals surface area contributed by atoms with Gasteiger partial charge in [-0.1, -0.05) is 45.8 Å². The highest BCUT2D eigenvalue weighted by atomic mass is 79.9. The molecule has 2 aromatic rings. The van der Waals surface area contributed by atoms with Gasteiger partial charge in [0.25, 0.3) is 5.91 Å². The van der Waals surface area contributed by atoms with Crippen molar-refractivity contribution < 1.29 is 4.79 Å². The second-order valence-corrected chi connectivity index (χ2v) is 5.43. The smallest absolute Gasteiger partial charge is 0.267 e. The van der Waals surface area contributed by atoms with Gasteiger partial charge in [0.1, 0.15) is 0 Å². The number of nitrogens with one attached hydrogen (secondary N) is 1. The van der Waals surface area contributed by atoms with E-state index in [0.29, 0.717) is 5.56 Å². The molecule has 4 heteroatoms. The zero-order chi connectivity index (χ0) is 14.5. The van der Waals surface area contributed by atoms with E-state index in [1.807, 2.05) is 56.3 Å². The Balaban J connectivity index is 2.08. The lowest BCUT2D eigenvalue weighted by Gasteiger charge is -2.04. The van der Waals surface area contributed by atoms with Crippen LogP contribution in [0.5, 0.6) is 0 Å². The number of hydrogen-bond donors (Lipinski definition) is 1. The number of hydrogen-bond acceptors (Lipinski definition) is 2.